The topological polar surface area (TPSA) is 64.7 Å². The van der Waals surface area contributed by atoms with E-state index in [1.54, 1.807) is 23.1 Å². The molecule has 2 heterocycles. The molecule has 1 aromatic rings. The van der Waals surface area contributed by atoms with Crippen molar-refractivity contribution in [2.45, 2.75) is 63.8 Å². The van der Waals surface area contributed by atoms with Crippen LogP contribution < -0.4 is 15.5 Å². The van der Waals surface area contributed by atoms with Gasteiger partial charge in [0.2, 0.25) is 11.8 Å². The number of hydrogen-bond acceptors (Lipinski definition) is 4. The molecular weight excluding hydrogens is 467 g/mol. The van der Waals surface area contributed by atoms with E-state index in [9.17, 15) is 14.0 Å². The Hall–Kier alpha value is -2.22. The summed E-state index contributed by atoms with van der Waals surface area (Å²) in [5.41, 5.74) is 1.42. The van der Waals surface area contributed by atoms with E-state index in [1.165, 1.54) is 0 Å². The number of benzene rings is 1. The van der Waals surface area contributed by atoms with Gasteiger partial charge in [0.25, 0.3) is 0 Å². The van der Waals surface area contributed by atoms with Crippen LogP contribution in [-0.2, 0) is 9.59 Å². The maximum absolute atomic E-state index is 13.5. The van der Waals surface area contributed by atoms with Gasteiger partial charge in [-0.2, -0.15) is 0 Å². The van der Waals surface area contributed by atoms with Gasteiger partial charge in [0.05, 0.1) is 29.2 Å². The summed E-state index contributed by atoms with van der Waals surface area (Å²) in [5, 5.41) is 7.16. The van der Waals surface area contributed by atoms with Gasteiger partial charge in [-0.15, -0.1) is 0 Å². The normalized spacial score (nSPS) is 27.9. The summed E-state index contributed by atoms with van der Waals surface area (Å²) >= 11 is 6.38. The number of carbonyl (C=O) groups excluding carboxylic acids is 2. The number of hydrogen-bond donors (Lipinski definition) is 2. The molecule has 190 valence electrons. The summed E-state index contributed by atoms with van der Waals surface area (Å²) in [4.78, 5) is 30.4. The van der Waals surface area contributed by atoms with E-state index in [-0.39, 0.29) is 41.9 Å². The Morgan fingerprint density at radius 1 is 1.31 bits per heavy atom. The number of rotatable bonds is 6. The molecule has 4 rings (SSSR count). The van der Waals surface area contributed by atoms with Crippen LogP contribution in [-0.4, -0.2) is 66.7 Å². The van der Waals surface area contributed by atoms with E-state index in [2.05, 4.69) is 29.4 Å². The van der Waals surface area contributed by atoms with E-state index in [0.717, 1.165) is 24.2 Å². The molecule has 0 aromatic heterocycles. The minimum Gasteiger partial charge on any atom is -0.349 e. The quantitative estimate of drug-likeness (QED) is 0.620. The van der Waals surface area contributed by atoms with Gasteiger partial charge in [-0.3, -0.25) is 14.5 Å². The largest absolute Gasteiger partial charge is 0.349 e. The van der Waals surface area contributed by atoms with E-state index in [1.807, 2.05) is 31.2 Å². The molecule has 1 unspecified atom stereocenters. The number of alkyl halides is 1. The molecule has 1 aromatic carbocycles. The van der Waals surface area contributed by atoms with Gasteiger partial charge < -0.3 is 15.5 Å². The minimum absolute atomic E-state index is 0.00422. The zero-order valence-electron chi connectivity index (χ0n) is 20.8. The average Bonchev–Trinajstić information content (AvgIpc) is 2.84. The fraction of sp³-hybridized carbons (Fsp3) is 0.556. The molecule has 0 spiro atoms. The second-order valence-electron chi connectivity index (χ2n) is 10.4. The predicted octanol–water partition coefficient (Wildman–Crippen LogP) is 3.86. The maximum atomic E-state index is 13.5. The van der Waals surface area contributed by atoms with Crippen LogP contribution in [0.2, 0.25) is 5.02 Å². The van der Waals surface area contributed by atoms with Crippen LogP contribution in [0.4, 0.5) is 10.1 Å². The van der Waals surface area contributed by atoms with Crippen molar-refractivity contribution in [1.82, 2.24) is 15.5 Å². The molecule has 0 saturated carbocycles. The third kappa shape index (κ3) is 5.79. The zero-order chi connectivity index (χ0) is 25.2. The number of nitrogens with zero attached hydrogens (tertiary/aromatic N) is 2. The molecule has 8 heteroatoms. The first-order valence-corrected chi connectivity index (χ1v) is 12.9. The Kier molecular flexibility index (Phi) is 7.99. The van der Waals surface area contributed by atoms with Crippen molar-refractivity contribution in [2.24, 2.45) is 5.92 Å². The Morgan fingerprint density at radius 3 is 2.77 bits per heavy atom. The van der Waals surface area contributed by atoms with Gasteiger partial charge >= 0.3 is 0 Å². The Morgan fingerprint density at radius 2 is 2.09 bits per heavy atom. The molecule has 2 amide bonds. The van der Waals surface area contributed by atoms with Crippen LogP contribution >= 0.6 is 11.6 Å². The smallest absolute Gasteiger partial charge is 0.241 e. The second kappa shape index (κ2) is 10.8. The lowest BCUT2D eigenvalue weighted by molar-refractivity contribution is -0.129. The highest BCUT2D eigenvalue weighted by molar-refractivity contribution is 6.33. The van der Waals surface area contributed by atoms with Gasteiger partial charge in [0.15, 0.2) is 0 Å². The number of para-hydroxylation sites is 1. The van der Waals surface area contributed by atoms with Crippen LogP contribution in [0.5, 0.6) is 0 Å². The number of anilines is 1. The Bertz CT molecular complexity index is 1010. The highest BCUT2D eigenvalue weighted by Crippen LogP contribution is 2.33. The van der Waals surface area contributed by atoms with Crippen LogP contribution in [0.25, 0.3) is 0 Å². The molecule has 6 nitrogen and oxygen atoms in total. The van der Waals surface area contributed by atoms with E-state index in [0.29, 0.717) is 31.0 Å². The molecule has 3 aliphatic rings. The third-order valence-electron chi connectivity index (χ3n) is 7.41. The van der Waals surface area contributed by atoms with Crippen molar-refractivity contribution in [1.29, 1.82) is 0 Å². The number of allylic oxidation sites excluding steroid dienone is 2. The fourth-order valence-electron chi connectivity index (χ4n) is 5.46. The number of nitrogens with one attached hydrogen (secondary N) is 2. The molecule has 1 aliphatic carbocycles. The Balaban J connectivity index is 1.42. The minimum atomic E-state index is -0.945. The summed E-state index contributed by atoms with van der Waals surface area (Å²) in [6.45, 7) is 8.44. The summed E-state index contributed by atoms with van der Waals surface area (Å²) in [7, 11) is 0. The first-order valence-electron chi connectivity index (χ1n) is 12.5. The number of piperidine rings is 1. The highest BCUT2D eigenvalue weighted by atomic mass is 35.5. The van der Waals surface area contributed by atoms with Gasteiger partial charge in [-0.25, -0.2) is 4.39 Å². The fourth-order valence-corrected chi connectivity index (χ4v) is 5.70. The number of carbonyl (C=O) groups is 2. The van der Waals surface area contributed by atoms with E-state index in [4.69, 9.17) is 11.6 Å². The first-order chi connectivity index (χ1) is 16.7. The number of piperazine rings is 1. The van der Waals surface area contributed by atoms with Gasteiger partial charge in [0.1, 0.15) is 6.17 Å². The molecule has 2 aliphatic heterocycles. The van der Waals surface area contributed by atoms with Crippen LogP contribution in [0.3, 0.4) is 0 Å². The SMILES string of the molecule is CC[C@@H](NC(=O)[C@@H]1CNC[C@H](N2CC(=O)N(c3ccccc3Cl)CC2(C)C)C1)C1=CCC(F)C=C1. The van der Waals surface area contributed by atoms with Gasteiger partial charge in [0, 0.05) is 37.6 Å². The molecule has 2 saturated heterocycles. The van der Waals surface area contributed by atoms with Crippen LogP contribution in [0, 0.1) is 5.92 Å². The summed E-state index contributed by atoms with van der Waals surface area (Å²) < 4.78 is 13.5. The van der Waals surface area contributed by atoms with Crippen LogP contribution in [0.1, 0.15) is 40.0 Å². The lowest BCUT2D eigenvalue weighted by Gasteiger charge is -2.51. The number of halogens is 2. The monoisotopic (exact) mass is 502 g/mol. The van der Waals surface area contributed by atoms with Crippen molar-refractivity contribution >= 4 is 29.1 Å². The molecule has 2 fully saturated rings. The van der Waals surface area contributed by atoms with Crippen molar-refractivity contribution in [3.05, 3.63) is 53.1 Å². The maximum Gasteiger partial charge on any atom is 0.241 e. The summed E-state index contributed by atoms with van der Waals surface area (Å²) in [6, 6.07) is 7.37. The van der Waals surface area contributed by atoms with Crippen molar-refractivity contribution in [3.63, 3.8) is 0 Å². The molecule has 2 N–H and O–H groups in total. The molecular formula is C27H36ClFN4O2. The van der Waals surface area contributed by atoms with Gasteiger partial charge in [-0.1, -0.05) is 48.9 Å². The Labute approximate surface area is 212 Å². The number of amides is 2. The predicted molar refractivity (Wildman–Crippen MR) is 138 cm³/mol. The van der Waals surface area contributed by atoms with Crippen LogP contribution in [0.15, 0.2) is 48.1 Å². The van der Waals surface area contributed by atoms with Crippen molar-refractivity contribution in [2.75, 3.05) is 31.1 Å². The van der Waals surface area contributed by atoms with Crippen molar-refractivity contribution in [3.8, 4) is 0 Å². The molecule has 0 radical (unpaired) electrons. The standard InChI is InChI=1S/C27H36ClFN4O2/c1-4-23(18-9-11-20(29)12-10-18)31-26(35)19-13-21(15-30-14-19)33-16-25(34)32(17-27(33,2)3)24-8-6-5-7-22(24)28/h5-11,19-21,23,30H,4,12-17H2,1-3H3,(H,31,35)/t19-,20?,21+,23+/m0/s1. The summed E-state index contributed by atoms with van der Waals surface area (Å²) in [5.74, 6) is -0.181. The average molecular weight is 503 g/mol. The molecule has 0 bridgehead atoms. The van der Waals surface area contributed by atoms with E-state index >= 15 is 0 Å². The lowest BCUT2D eigenvalue weighted by Crippen LogP contribution is -2.67. The first kappa shape index (κ1) is 25.9. The van der Waals surface area contributed by atoms with Gasteiger partial charge in [-0.05, 0) is 44.4 Å². The molecule has 4 atom stereocenters. The van der Waals surface area contributed by atoms with E-state index < -0.39 is 6.17 Å². The third-order valence-corrected chi connectivity index (χ3v) is 7.73. The molecule has 35 heavy (non-hydrogen) atoms. The van der Waals surface area contributed by atoms with Crippen molar-refractivity contribution < 1.29 is 14.0 Å². The lowest BCUT2D eigenvalue weighted by atomic mass is 9.88. The summed E-state index contributed by atoms with van der Waals surface area (Å²) in [6.07, 6.45) is 6.07. The second-order valence-corrected chi connectivity index (χ2v) is 10.8. The zero-order valence-corrected chi connectivity index (χ0v) is 21.5. The highest BCUT2D eigenvalue weighted by Gasteiger charge is 2.44.